The Bertz CT molecular complexity index is 567. The molecule has 0 aliphatic heterocycles. The largest absolute Gasteiger partial charge is 0.232 e. The van der Waals surface area contributed by atoms with Gasteiger partial charge in [0.05, 0.1) is 5.69 Å². The van der Waals surface area contributed by atoms with Crippen molar-refractivity contribution in [3.8, 4) is 11.3 Å². The van der Waals surface area contributed by atoms with Crippen LogP contribution in [0.3, 0.4) is 0 Å². The molecule has 0 atom stereocenters. The first-order valence-electron chi connectivity index (χ1n) is 5.53. The molecule has 2 nitrogen and oxygen atoms in total. The summed E-state index contributed by atoms with van der Waals surface area (Å²) in [7, 11) is 0. The third kappa shape index (κ3) is 2.60. The van der Waals surface area contributed by atoms with Gasteiger partial charge in [-0.15, -0.1) is 0 Å². The van der Waals surface area contributed by atoms with E-state index in [1.807, 2.05) is 12.1 Å². The molecule has 86 valence electrons. The van der Waals surface area contributed by atoms with Crippen LogP contribution in [-0.2, 0) is 0 Å². The Kier molecular flexibility index (Phi) is 3.04. The minimum Gasteiger partial charge on any atom is -0.232 e. The number of aromatic nitrogens is 2. The summed E-state index contributed by atoms with van der Waals surface area (Å²) in [6.45, 7) is 0. The van der Waals surface area contributed by atoms with Crippen molar-refractivity contribution in [3.05, 3.63) is 44.9 Å². The summed E-state index contributed by atoms with van der Waals surface area (Å²) < 4.78 is 1.20. The molecule has 0 N–H and O–H groups in total. The average Bonchev–Trinajstić information content (AvgIpc) is 3.12. The molecular formula is C13H10ClIN2. The van der Waals surface area contributed by atoms with Crippen molar-refractivity contribution in [3.63, 3.8) is 0 Å². The lowest BCUT2D eigenvalue weighted by molar-refractivity contribution is 0.931. The third-order valence-electron chi connectivity index (χ3n) is 2.78. The quantitative estimate of drug-likeness (QED) is 0.593. The van der Waals surface area contributed by atoms with Gasteiger partial charge in [0.2, 0.25) is 0 Å². The first-order chi connectivity index (χ1) is 8.22. The number of hydrogen-bond acceptors (Lipinski definition) is 2. The average molecular weight is 357 g/mol. The highest BCUT2D eigenvalue weighted by Crippen LogP contribution is 2.39. The van der Waals surface area contributed by atoms with Crippen LogP contribution in [0, 0.1) is 3.57 Å². The summed E-state index contributed by atoms with van der Waals surface area (Å²) >= 11 is 8.36. The number of halogens is 2. The standard InChI is InChI=1S/C13H10ClIN2/c14-12-7-11(9-2-1-3-10(15)6-9)16-13(17-12)8-4-5-8/h1-3,6-8H,4-5H2. The predicted molar refractivity (Wildman–Crippen MR) is 77.2 cm³/mol. The van der Waals surface area contributed by atoms with Gasteiger partial charge in [0.15, 0.2) is 0 Å². The maximum Gasteiger partial charge on any atom is 0.133 e. The van der Waals surface area contributed by atoms with E-state index in [1.165, 1.54) is 16.4 Å². The second-order valence-electron chi connectivity index (χ2n) is 4.22. The predicted octanol–water partition coefficient (Wildman–Crippen LogP) is 4.28. The number of rotatable bonds is 2. The molecule has 17 heavy (non-hydrogen) atoms. The first-order valence-corrected chi connectivity index (χ1v) is 6.98. The van der Waals surface area contributed by atoms with Gasteiger partial charge in [-0.2, -0.15) is 0 Å². The van der Waals surface area contributed by atoms with Crippen LogP contribution >= 0.6 is 34.2 Å². The molecule has 1 aromatic carbocycles. The van der Waals surface area contributed by atoms with Gasteiger partial charge in [0.1, 0.15) is 11.0 Å². The monoisotopic (exact) mass is 356 g/mol. The lowest BCUT2D eigenvalue weighted by Gasteiger charge is -2.05. The van der Waals surface area contributed by atoms with Gasteiger partial charge in [-0.1, -0.05) is 23.7 Å². The molecule has 0 saturated heterocycles. The summed E-state index contributed by atoms with van der Waals surface area (Å²) in [6, 6.07) is 10.1. The summed E-state index contributed by atoms with van der Waals surface area (Å²) in [5.41, 5.74) is 2.02. The van der Waals surface area contributed by atoms with E-state index in [2.05, 4.69) is 50.8 Å². The molecule has 4 heteroatoms. The molecule has 1 aliphatic carbocycles. The van der Waals surface area contributed by atoms with Crippen molar-refractivity contribution in [1.29, 1.82) is 0 Å². The second-order valence-corrected chi connectivity index (χ2v) is 5.85. The van der Waals surface area contributed by atoms with Crippen LogP contribution in [0.1, 0.15) is 24.6 Å². The zero-order chi connectivity index (χ0) is 11.8. The SMILES string of the molecule is Clc1cc(-c2cccc(I)c2)nc(C2CC2)n1. The van der Waals surface area contributed by atoms with E-state index in [1.54, 1.807) is 0 Å². The van der Waals surface area contributed by atoms with Crippen molar-refractivity contribution in [2.24, 2.45) is 0 Å². The maximum absolute atomic E-state index is 6.06. The summed E-state index contributed by atoms with van der Waals surface area (Å²) in [5.74, 6) is 1.42. The van der Waals surface area contributed by atoms with Gasteiger partial charge in [-0.3, -0.25) is 0 Å². The van der Waals surface area contributed by atoms with Gasteiger partial charge in [0, 0.05) is 21.1 Å². The Morgan fingerprint density at radius 2 is 2.00 bits per heavy atom. The zero-order valence-corrected chi connectivity index (χ0v) is 11.9. The fourth-order valence-corrected chi connectivity index (χ4v) is 2.49. The molecule has 1 heterocycles. The Morgan fingerprint density at radius 1 is 1.18 bits per heavy atom. The lowest BCUT2D eigenvalue weighted by atomic mass is 10.1. The van der Waals surface area contributed by atoms with E-state index in [0.717, 1.165) is 17.1 Å². The van der Waals surface area contributed by atoms with Crippen LogP contribution in [0.2, 0.25) is 5.15 Å². The highest BCUT2D eigenvalue weighted by molar-refractivity contribution is 14.1. The summed E-state index contributed by atoms with van der Waals surface area (Å²) in [4.78, 5) is 8.90. The van der Waals surface area contributed by atoms with Crippen LogP contribution in [0.4, 0.5) is 0 Å². The topological polar surface area (TPSA) is 25.8 Å². The zero-order valence-electron chi connectivity index (χ0n) is 9.03. The number of hydrogen-bond donors (Lipinski definition) is 0. The van der Waals surface area contributed by atoms with Gasteiger partial charge in [0.25, 0.3) is 0 Å². The number of benzene rings is 1. The van der Waals surface area contributed by atoms with E-state index >= 15 is 0 Å². The fraction of sp³-hybridized carbons (Fsp3) is 0.231. The van der Waals surface area contributed by atoms with Crippen molar-refractivity contribution in [2.75, 3.05) is 0 Å². The van der Waals surface area contributed by atoms with Crippen LogP contribution in [0.25, 0.3) is 11.3 Å². The van der Waals surface area contributed by atoms with Crippen molar-refractivity contribution in [1.82, 2.24) is 9.97 Å². The molecule has 3 rings (SSSR count). The highest BCUT2D eigenvalue weighted by Gasteiger charge is 2.27. The fourth-order valence-electron chi connectivity index (χ4n) is 1.76. The lowest BCUT2D eigenvalue weighted by Crippen LogP contribution is -1.95. The summed E-state index contributed by atoms with van der Waals surface area (Å²) in [6.07, 6.45) is 2.37. The van der Waals surface area contributed by atoms with Gasteiger partial charge < -0.3 is 0 Å². The molecule has 0 unspecified atom stereocenters. The van der Waals surface area contributed by atoms with Crippen LogP contribution in [-0.4, -0.2) is 9.97 Å². The molecular weight excluding hydrogens is 347 g/mol. The van der Waals surface area contributed by atoms with Gasteiger partial charge in [-0.05, 0) is 47.6 Å². The Balaban J connectivity index is 2.07. The summed E-state index contributed by atoms with van der Waals surface area (Å²) in [5, 5.41) is 0.538. The minimum atomic E-state index is 0.523. The van der Waals surface area contributed by atoms with E-state index in [4.69, 9.17) is 11.6 Å². The van der Waals surface area contributed by atoms with Crippen molar-refractivity contribution in [2.45, 2.75) is 18.8 Å². The maximum atomic E-state index is 6.06. The van der Waals surface area contributed by atoms with E-state index < -0.39 is 0 Å². The molecule has 1 aliphatic rings. The van der Waals surface area contributed by atoms with E-state index in [9.17, 15) is 0 Å². The molecule has 0 radical (unpaired) electrons. The van der Waals surface area contributed by atoms with Gasteiger partial charge in [-0.25, -0.2) is 9.97 Å². The normalized spacial score (nSPS) is 14.9. The van der Waals surface area contributed by atoms with E-state index in [-0.39, 0.29) is 0 Å². The van der Waals surface area contributed by atoms with E-state index in [0.29, 0.717) is 11.1 Å². The molecule has 2 aromatic rings. The highest BCUT2D eigenvalue weighted by atomic mass is 127. The third-order valence-corrected chi connectivity index (χ3v) is 3.64. The van der Waals surface area contributed by atoms with Crippen molar-refractivity contribution < 1.29 is 0 Å². The molecule has 1 aromatic heterocycles. The van der Waals surface area contributed by atoms with Crippen molar-refractivity contribution >= 4 is 34.2 Å². The Morgan fingerprint density at radius 3 is 2.71 bits per heavy atom. The molecule has 1 fully saturated rings. The molecule has 0 bridgehead atoms. The first kappa shape index (κ1) is 11.4. The second kappa shape index (κ2) is 4.53. The molecule has 1 saturated carbocycles. The Labute approximate surface area is 119 Å². The minimum absolute atomic E-state index is 0.523. The van der Waals surface area contributed by atoms with Gasteiger partial charge >= 0.3 is 0 Å². The molecule has 0 amide bonds. The van der Waals surface area contributed by atoms with Crippen LogP contribution < -0.4 is 0 Å². The number of nitrogens with zero attached hydrogens (tertiary/aromatic N) is 2. The molecule has 0 spiro atoms. The Hall–Kier alpha value is -0.680. The smallest absolute Gasteiger partial charge is 0.133 e. The van der Waals surface area contributed by atoms with Crippen LogP contribution in [0.15, 0.2) is 30.3 Å². The van der Waals surface area contributed by atoms with Crippen LogP contribution in [0.5, 0.6) is 0 Å².